The Morgan fingerprint density at radius 1 is 1.38 bits per heavy atom. The molecule has 4 unspecified atom stereocenters. The Bertz CT molecular complexity index is 536. The maximum Gasteiger partial charge on any atom is 0.236 e. The van der Waals surface area contributed by atoms with Gasteiger partial charge in [-0.15, -0.1) is 11.8 Å². The smallest absolute Gasteiger partial charge is 0.236 e. The second kappa shape index (κ2) is 5.33. The van der Waals surface area contributed by atoms with Gasteiger partial charge >= 0.3 is 0 Å². The molecule has 112 valence electrons. The molecule has 1 aromatic rings. The van der Waals surface area contributed by atoms with Crippen LogP contribution in [0.25, 0.3) is 0 Å². The van der Waals surface area contributed by atoms with E-state index < -0.39 is 0 Å². The van der Waals surface area contributed by atoms with Gasteiger partial charge in [0.25, 0.3) is 0 Å². The van der Waals surface area contributed by atoms with Crippen LogP contribution in [0.4, 0.5) is 0 Å². The Kier molecular flexibility index (Phi) is 3.46. The summed E-state index contributed by atoms with van der Waals surface area (Å²) < 4.78 is 0. The molecule has 3 nitrogen and oxygen atoms in total. The Hall–Kier alpha value is -1.00. The number of carbonyl (C=O) groups excluding carboxylic acids is 1. The topological polar surface area (TPSA) is 32.3 Å². The zero-order valence-electron chi connectivity index (χ0n) is 12.4. The fourth-order valence-electron chi connectivity index (χ4n) is 4.30. The van der Waals surface area contributed by atoms with Gasteiger partial charge in [0, 0.05) is 30.6 Å². The van der Waals surface area contributed by atoms with Crippen LogP contribution in [0.15, 0.2) is 29.2 Å². The van der Waals surface area contributed by atoms with Crippen LogP contribution < -0.4 is 5.32 Å². The summed E-state index contributed by atoms with van der Waals surface area (Å²) in [7, 11) is 0. The molecule has 4 atom stereocenters. The lowest BCUT2D eigenvalue weighted by molar-refractivity contribution is -0.131. The molecule has 0 aliphatic carbocycles. The lowest BCUT2D eigenvalue weighted by Gasteiger charge is -2.29. The Morgan fingerprint density at radius 2 is 2.24 bits per heavy atom. The monoisotopic (exact) mass is 302 g/mol. The van der Waals surface area contributed by atoms with Crippen LogP contribution in [0, 0.1) is 11.8 Å². The maximum atomic E-state index is 13.0. The second-order valence-electron chi connectivity index (χ2n) is 6.47. The van der Waals surface area contributed by atoms with Crippen LogP contribution in [0.3, 0.4) is 0 Å². The minimum atomic E-state index is 0.100. The van der Waals surface area contributed by atoms with E-state index in [4.69, 9.17) is 0 Å². The number of carbonyl (C=O) groups is 1. The zero-order chi connectivity index (χ0) is 14.4. The highest BCUT2D eigenvalue weighted by Gasteiger charge is 2.46. The van der Waals surface area contributed by atoms with Crippen molar-refractivity contribution in [2.75, 3.05) is 19.6 Å². The first kappa shape index (κ1) is 13.6. The Labute approximate surface area is 130 Å². The van der Waals surface area contributed by atoms with Crippen molar-refractivity contribution in [2.24, 2.45) is 11.8 Å². The van der Waals surface area contributed by atoms with E-state index in [1.54, 1.807) is 11.8 Å². The minimum absolute atomic E-state index is 0.100. The van der Waals surface area contributed by atoms with Crippen molar-refractivity contribution in [3.05, 3.63) is 29.8 Å². The van der Waals surface area contributed by atoms with Gasteiger partial charge in [-0.2, -0.15) is 0 Å². The van der Waals surface area contributed by atoms with E-state index in [1.807, 2.05) is 0 Å². The van der Waals surface area contributed by atoms with Gasteiger partial charge in [-0.3, -0.25) is 4.79 Å². The highest BCUT2D eigenvalue weighted by atomic mass is 32.2. The van der Waals surface area contributed by atoms with Crippen molar-refractivity contribution in [1.82, 2.24) is 10.2 Å². The van der Waals surface area contributed by atoms with Gasteiger partial charge < -0.3 is 10.2 Å². The largest absolute Gasteiger partial charge is 0.338 e. The van der Waals surface area contributed by atoms with Crippen LogP contribution in [0.5, 0.6) is 0 Å². The minimum Gasteiger partial charge on any atom is -0.338 e. The summed E-state index contributed by atoms with van der Waals surface area (Å²) in [5, 5.41) is 3.59. The summed E-state index contributed by atoms with van der Waals surface area (Å²) in [5.74, 6) is 1.72. The maximum absolute atomic E-state index is 13.0. The molecule has 0 spiro atoms. The van der Waals surface area contributed by atoms with E-state index in [1.165, 1.54) is 10.5 Å². The first-order chi connectivity index (χ1) is 10.3. The molecule has 1 N–H and O–H groups in total. The van der Waals surface area contributed by atoms with Crippen LogP contribution in [-0.4, -0.2) is 41.7 Å². The molecule has 3 aliphatic rings. The predicted molar refractivity (Wildman–Crippen MR) is 85.4 cm³/mol. The molecule has 3 heterocycles. The molecule has 0 bridgehead atoms. The van der Waals surface area contributed by atoms with Crippen LogP contribution >= 0.6 is 11.8 Å². The van der Waals surface area contributed by atoms with E-state index in [0.717, 1.165) is 32.5 Å². The van der Waals surface area contributed by atoms with Gasteiger partial charge in [0.05, 0.1) is 5.25 Å². The third-order valence-corrected chi connectivity index (χ3v) is 6.65. The zero-order valence-corrected chi connectivity index (χ0v) is 13.2. The summed E-state index contributed by atoms with van der Waals surface area (Å²) in [5.41, 5.74) is 1.34. The van der Waals surface area contributed by atoms with Crippen molar-refractivity contribution in [3.8, 4) is 0 Å². The Balaban J connectivity index is 1.51. The van der Waals surface area contributed by atoms with Crippen LogP contribution in [0.2, 0.25) is 0 Å². The average molecular weight is 302 g/mol. The fraction of sp³-hybridized carbons (Fsp3) is 0.588. The molecule has 1 aromatic carbocycles. The number of rotatable bonds is 2. The number of fused-ring (bicyclic) bond motifs is 2. The van der Waals surface area contributed by atoms with E-state index in [2.05, 4.69) is 41.4 Å². The summed E-state index contributed by atoms with van der Waals surface area (Å²) in [6, 6.07) is 8.90. The molecular formula is C17H22N2OS. The molecule has 4 heteroatoms. The standard InChI is InChI=1S/C17H22N2OS/c1-2-14-13-9-18-8-12(13)10-19(14)17(20)16-7-11-5-3-4-6-15(11)21-16/h3-6,12-14,16,18H,2,7-10H2,1H3. The lowest BCUT2D eigenvalue weighted by Crippen LogP contribution is -2.43. The average Bonchev–Trinajstić information content (AvgIpc) is 3.19. The summed E-state index contributed by atoms with van der Waals surface area (Å²) >= 11 is 1.76. The highest BCUT2D eigenvalue weighted by molar-refractivity contribution is 8.01. The van der Waals surface area contributed by atoms with Crippen LogP contribution in [0.1, 0.15) is 18.9 Å². The van der Waals surface area contributed by atoms with E-state index in [9.17, 15) is 4.79 Å². The number of thioether (sulfide) groups is 1. The van der Waals surface area contributed by atoms with Crippen molar-refractivity contribution >= 4 is 17.7 Å². The molecule has 21 heavy (non-hydrogen) atoms. The van der Waals surface area contributed by atoms with Gasteiger partial charge in [0.2, 0.25) is 5.91 Å². The highest BCUT2D eigenvalue weighted by Crippen LogP contribution is 2.41. The van der Waals surface area contributed by atoms with Gasteiger partial charge in [-0.1, -0.05) is 25.1 Å². The Morgan fingerprint density at radius 3 is 3.05 bits per heavy atom. The number of likely N-dealkylation sites (tertiary alicyclic amines) is 1. The molecule has 0 aromatic heterocycles. The first-order valence-electron chi connectivity index (χ1n) is 8.03. The number of hydrogen-bond acceptors (Lipinski definition) is 3. The summed E-state index contributed by atoms with van der Waals surface area (Å²) in [6.45, 7) is 5.36. The summed E-state index contributed by atoms with van der Waals surface area (Å²) in [6.07, 6.45) is 1.99. The quantitative estimate of drug-likeness (QED) is 0.908. The lowest BCUT2D eigenvalue weighted by atomic mass is 9.93. The predicted octanol–water partition coefficient (Wildman–Crippen LogP) is 2.16. The van der Waals surface area contributed by atoms with Crippen molar-refractivity contribution in [2.45, 2.75) is 36.0 Å². The van der Waals surface area contributed by atoms with Gasteiger partial charge in [0.1, 0.15) is 0 Å². The third kappa shape index (κ3) is 2.20. The normalized spacial score (nSPS) is 34.0. The molecule has 0 radical (unpaired) electrons. The number of hydrogen-bond donors (Lipinski definition) is 1. The molecule has 2 saturated heterocycles. The van der Waals surface area contributed by atoms with Crippen molar-refractivity contribution in [1.29, 1.82) is 0 Å². The molecule has 0 saturated carbocycles. The number of nitrogens with one attached hydrogen (secondary N) is 1. The first-order valence-corrected chi connectivity index (χ1v) is 8.91. The van der Waals surface area contributed by atoms with Crippen molar-refractivity contribution < 1.29 is 4.79 Å². The molecular weight excluding hydrogens is 280 g/mol. The third-order valence-electron chi connectivity index (χ3n) is 5.34. The molecule has 2 fully saturated rings. The summed E-state index contributed by atoms with van der Waals surface area (Å²) in [4.78, 5) is 16.5. The van der Waals surface area contributed by atoms with Gasteiger partial charge in [0.15, 0.2) is 0 Å². The van der Waals surface area contributed by atoms with E-state index in [0.29, 0.717) is 23.8 Å². The van der Waals surface area contributed by atoms with E-state index in [-0.39, 0.29) is 5.25 Å². The molecule has 4 rings (SSSR count). The second-order valence-corrected chi connectivity index (χ2v) is 7.71. The number of amides is 1. The number of benzene rings is 1. The molecule has 3 aliphatic heterocycles. The SMILES string of the molecule is CCC1C2CNCC2CN1C(=O)C1Cc2ccccc2S1. The number of nitrogens with zero attached hydrogens (tertiary/aromatic N) is 1. The molecule has 1 amide bonds. The van der Waals surface area contributed by atoms with Crippen LogP contribution in [-0.2, 0) is 11.2 Å². The van der Waals surface area contributed by atoms with Gasteiger partial charge in [-0.25, -0.2) is 0 Å². The van der Waals surface area contributed by atoms with Gasteiger partial charge in [-0.05, 0) is 36.3 Å². The van der Waals surface area contributed by atoms with Crippen molar-refractivity contribution in [3.63, 3.8) is 0 Å². The van der Waals surface area contributed by atoms with E-state index >= 15 is 0 Å². The fourth-order valence-corrected chi connectivity index (χ4v) is 5.57.